The Morgan fingerprint density at radius 3 is 2.21 bits per heavy atom. The van der Waals surface area contributed by atoms with E-state index in [9.17, 15) is 13.2 Å². The van der Waals surface area contributed by atoms with E-state index in [1.54, 1.807) is 24.3 Å². The molecule has 2 N–H and O–H groups in total. The summed E-state index contributed by atoms with van der Waals surface area (Å²) < 4.78 is 39.1. The number of amides is 1. The van der Waals surface area contributed by atoms with Gasteiger partial charge in [0.25, 0.3) is 0 Å². The Bertz CT molecular complexity index is 1190. The van der Waals surface area contributed by atoms with Gasteiger partial charge in [0.1, 0.15) is 6.04 Å². The molecule has 3 aromatic rings. The van der Waals surface area contributed by atoms with Gasteiger partial charge in [0.05, 0.1) is 19.1 Å². The summed E-state index contributed by atoms with van der Waals surface area (Å²) in [6, 6.07) is 19.5. The van der Waals surface area contributed by atoms with Crippen molar-refractivity contribution in [2.24, 2.45) is 0 Å². The summed E-state index contributed by atoms with van der Waals surface area (Å²) in [7, 11) is -1.15. The van der Waals surface area contributed by atoms with E-state index in [-0.39, 0.29) is 23.6 Å². The summed E-state index contributed by atoms with van der Waals surface area (Å²) in [6.07, 6.45) is 0.180. The molecule has 0 heterocycles. The highest BCUT2D eigenvalue weighted by Crippen LogP contribution is 2.29. The molecule has 7 nitrogen and oxygen atoms in total. The molecule has 3 aromatic carbocycles. The predicted octanol–water partition coefficient (Wildman–Crippen LogP) is 3.56. The lowest BCUT2D eigenvalue weighted by Gasteiger charge is -2.19. The molecule has 1 amide bonds. The molecule has 0 aromatic heterocycles. The standard InChI is InChI=1S/C24H25ClN2O5S/c1-31-22-13-12-20(15-23(22)32-2)33(29,30)27-21(14-17-6-4-3-5-7-17)24(28)26-16-18-8-10-19(25)11-9-18/h3-13,15,21,27H,14,16H2,1-2H3,(H,26,28). The second kappa shape index (κ2) is 11.2. The number of hydrogen-bond donors (Lipinski definition) is 2. The van der Waals surface area contributed by atoms with Crippen LogP contribution < -0.4 is 19.5 Å². The minimum Gasteiger partial charge on any atom is -0.493 e. The van der Waals surface area contributed by atoms with Crippen LogP contribution in [0.5, 0.6) is 11.5 Å². The fourth-order valence-electron chi connectivity index (χ4n) is 3.19. The number of carbonyl (C=O) groups is 1. The van der Waals surface area contributed by atoms with Crippen molar-refractivity contribution in [3.05, 3.63) is 88.9 Å². The molecular formula is C24H25ClN2O5S. The van der Waals surface area contributed by atoms with Gasteiger partial charge in [0.15, 0.2) is 11.5 Å². The lowest BCUT2D eigenvalue weighted by Crippen LogP contribution is -2.47. The molecule has 1 unspecified atom stereocenters. The first-order valence-electron chi connectivity index (χ1n) is 10.1. The van der Waals surface area contributed by atoms with Crippen molar-refractivity contribution in [3.63, 3.8) is 0 Å². The van der Waals surface area contributed by atoms with Crippen molar-refractivity contribution in [2.75, 3.05) is 14.2 Å². The molecule has 0 bridgehead atoms. The summed E-state index contributed by atoms with van der Waals surface area (Å²) in [5.41, 5.74) is 1.66. The number of hydrogen-bond acceptors (Lipinski definition) is 5. The Labute approximate surface area is 198 Å². The van der Waals surface area contributed by atoms with Crippen molar-refractivity contribution in [1.82, 2.24) is 10.0 Å². The molecule has 9 heteroatoms. The number of rotatable bonds is 10. The van der Waals surface area contributed by atoms with Crippen LogP contribution in [0.2, 0.25) is 5.02 Å². The van der Waals surface area contributed by atoms with Crippen LogP contribution in [0.1, 0.15) is 11.1 Å². The van der Waals surface area contributed by atoms with Crippen LogP contribution in [-0.2, 0) is 27.8 Å². The summed E-state index contributed by atoms with van der Waals surface area (Å²) in [4.78, 5) is 13.0. The molecule has 33 heavy (non-hydrogen) atoms. The largest absolute Gasteiger partial charge is 0.493 e. The van der Waals surface area contributed by atoms with Crippen LogP contribution in [0.15, 0.2) is 77.7 Å². The van der Waals surface area contributed by atoms with Gasteiger partial charge in [0, 0.05) is 17.6 Å². The number of halogens is 1. The highest BCUT2D eigenvalue weighted by Gasteiger charge is 2.27. The van der Waals surface area contributed by atoms with E-state index < -0.39 is 22.0 Å². The molecule has 0 fully saturated rings. The summed E-state index contributed by atoms with van der Waals surface area (Å²) in [5.74, 6) is 0.225. The van der Waals surface area contributed by atoms with Crippen molar-refractivity contribution >= 4 is 27.5 Å². The molecule has 0 aliphatic carbocycles. The number of benzene rings is 3. The normalized spacial score (nSPS) is 12.1. The zero-order valence-electron chi connectivity index (χ0n) is 18.2. The van der Waals surface area contributed by atoms with E-state index in [4.69, 9.17) is 21.1 Å². The minimum absolute atomic E-state index is 0.0382. The first-order valence-corrected chi connectivity index (χ1v) is 12.0. The van der Waals surface area contributed by atoms with E-state index in [1.165, 1.54) is 32.4 Å². The first kappa shape index (κ1) is 24.6. The Morgan fingerprint density at radius 2 is 1.58 bits per heavy atom. The molecule has 3 rings (SSSR count). The lowest BCUT2D eigenvalue weighted by atomic mass is 10.1. The average Bonchev–Trinajstić information content (AvgIpc) is 2.83. The van der Waals surface area contributed by atoms with Gasteiger partial charge in [-0.05, 0) is 41.8 Å². The highest BCUT2D eigenvalue weighted by atomic mass is 35.5. The Hall–Kier alpha value is -3.07. The van der Waals surface area contributed by atoms with Crippen molar-refractivity contribution in [2.45, 2.75) is 23.9 Å². The maximum absolute atomic E-state index is 13.1. The topological polar surface area (TPSA) is 93.7 Å². The Morgan fingerprint density at radius 1 is 0.909 bits per heavy atom. The van der Waals surface area contributed by atoms with E-state index in [1.807, 2.05) is 30.3 Å². The molecule has 0 saturated heterocycles. The number of carbonyl (C=O) groups excluding carboxylic acids is 1. The molecule has 0 aliphatic rings. The minimum atomic E-state index is -4.03. The fourth-order valence-corrected chi connectivity index (χ4v) is 4.53. The van der Waals surface area contributed by atoms with Crippen molar-refractivity contribution in [3.8, 4) is 11.5 Å². The monoisotopic (exact) mass is 488 g/mol. The Kier molecular flexibility index (Phi) is 8.32. The second-order valence-corrected chi connectivity index (χ2v) is 9.38. The van der Waals surface area contributed by atoms with Crippen LogP contribution >= 0.6 is 11.6 Å². The van der Waals surface area contributed by atoms with Gasteiger partial charge in [-0.15, -0.1) is 0 Å². The van der Waals surface area contributed by atoms with E-state index >= 15 is 0 Å². The molecule has 1 atom stereocenters. The number of methoxy groups -OCH3 is 2. The third-order valence-corrected chi connectivity index (χ3v) is 6.66. The number of ether oxygens (including phenoxy) is 2. The van der Waals surface area contributed by atoms with Crippen LogP contribution in [0, 0.1) is 0 Å². The number of sulfonamides is 1. The van der Waals surface area contributed by atoms with Gasteiger partial charge in [-0.1, -0.05) is 54.1 Å². The fraction of sp³-hybridized carbons (Fsp3) is 0.208. The highest BCUT2D eigenvalue weighted by molar-refractivity contribution is 7.89. The van der Waals surface area contributed by atoms with Gasteiger partial charge in [-0.3, -0.25) is 4.79 Å². The molecule has 0 aliphatic heterocycles. The molecule has 0 spiro atoms. The van der Waals surface area contributed by atoms with Gasteiger partial charge in [0.2, 0.25) is 15.9 Å². The zero-order valence-corrected chi connectivity index (χ0v) is 19.8. The Balaban J connectivity index is 1.82. The third kappa shape index (κ3) is 6.71. The van der Waals surface area contributed by atoms with Crippen LogP contribution in [-0.4, -0.2) is 34.6 Å². The van der Waals surface area contributed by atoms with E-state index in [0.717, 1.165) is 11.1 Å². The lowest BCUT2D eigenvalue weighted by molar-refractivity contribution is -0.122. The van der Waals surface area contributed by atoms with Crippen molar-refractivity contribution < 1.29 is 22.7 Å². The molecular weight excluding hydrogens is 464 g/mol. The van der Waals surface area contributed by atoms with Gasteiger partial charge < -0.3 is 14.8 Å². The summed E-state index contributed by atoms with van der Waals surface area (Å²) in [6.45, 7) is 0.235. The predicted molar refractivity (Wildman–Crippen MR) is 127 cm³/mol. The first-order chi connectivity index (χ1) is 15.8. The maximum atomic E-state index is 13.1. The van der Waals surface area contributed by atoms with Crippen LogP contribution in [0.25, 0.3) is 0 Å². The number of nitrogens with one attached hydrogen (secondary N) is 2. The third-order valence-electron chi connectivity index (χ3n) is 4.94. The smallest absolute Gasteiger partial charge is 0.241 e. The maximum Gasteiger partial charge on any atom is 0.241 e. The van der Waals surface area contributed by atoms with Crippen LogP contribution in [0.3, 0.4) is 0 Å². The zero-order chi connectivity index (χ0) is 23.8. The quantitative estimate of drug-likeness (QED) is 0.455. The summed E-state index contributed by atoms with van der Waals surface area (Å²) in [5, 5.41) is 3.39. The molecule has 0 saturated carbocycles. The second-order valence-electron chi connectivity index (χ2n) is 7.22. The SMILES string of the molecule is COc1ccc(S(=O)(=O)NC(Cc2ccccc2)C(=O)NCc2ccc(Cl)cc2)cc1OC. The van der Waals surface area contributed by atoms with Gasteiger partial charge >= 0.3 is 0 Å². The van der Waals surface area contributed by atoms with Gasteiger partial charge in [-0.25, -0.2) is 8.42 Å². The van der Waals surface area contributed by atoms with Crippen LogP contribution in [0.4, 0.5) is 0 Å². The average molecular weight is 489 g/mol. The van der Waals surface area contributed by atoms with E-state index in [0.29, 0.717) is 10.8 Å². The summed E-state index contributed by atoms with van der Waals surface area (Å²) >= 11 is 5.91. The van der Waals surface area contributed by atoms with Crippen molar-refractivity contribution in [1.29, 1.82) is 0 Å². The van der Waals surface area contributed by atoms with Gasteiger partial charge in [-0.2, -0.15) is 4.72 Å². The van der Waals surface area contributed by atoms with E-state index in [2.05, 4.69) is 10.0 Å². The molecule has 174 valence electrons. The molecule has 0 radical (unpaired) electrons.